The van der Waals surface area contributed by atoms with E-state index in [0.29, 0.717) is 12.3 Å². The zero-order valence-electron chi connectivity index (χ0n) is 19.0. The van der Waals surface area contributed by atoms with Gasteiger partial charge in [-0.15, -0.1) is 0 Å². The number of carbonyl (C=O) groups is 2. The Morgan fingerprint density at radius 2 is 1.56 bits per heavy atom. The van der Waals surface area contributed by atoms with E-state index in [9.17, 15) is 9.59 Å². The van der Waals surface area contributed by atoms with E-state index in [4.69, 9.17) is 9.47 Å². The highest BCUT2D eigenvalue weighted by molar-refractivity contribution is 6.35. The first-order valence-electron chi connectivity index (χ1n) is 10.8. The molecule has 1 aliphatic heterocycles. The summed E-state index contributed by atoms with van der Waals surface area (Å²) in [4.78, 5) is 29.5. The van der Waals surface area contributed by atoms with Crippen LogP contribution in [0.4, 0.5) is 0 Å². The molecule has 2 N–H and O–H groups in total. The van der Waals surface area contributed by atoms with Crippen LogP contribution in [0.2, 0.25) is 0 Å². The normalized spacial score (nSPS) is 15.6. The molecule has 0 bridgehead atoms. The van der Waals surface area contributed by atoms with E-state index in [1.807, 2.05) is 48.5 Å². The van der Waals surface area contributed by atoms with Crippen molar-refractivity contribution in [2.24, 2.45) is 0 Å². The summed E-state index contributed by atoms with van der Waals surface area (Å²) in [5, 5.41) is 5.48. The Hall–Kier alpha value is -3.10. The van der Waals surface area contributed by atoms with Crippen LogP contribution in [-0.4, -0.2) is 75.6 Å². The fourth-order valence-corrected chi connectivity index (χ4v) is 3.79. The Balaban J connectivity index is 1.61. The summed E-state index contributed by atoms with van der Waals surface area (Å²) in [7, 11) is 5.31. The number of nitrogens with zero attached hydrogens (tertiary/aromatic N) is 2. The minimum absolute atomic E-state index is 0.0272. The summed E-state index contributed by atoms with van der Waals surface area (Å²) in [6, 6.07) is 15.2. The number of amides is 2. The van der Waals surface area contributed by atoms with Crippen LogP contribution in [0.25, 0.3) is 0 Å². The highest BCUT2D eigenvalue weighted by atomic mass is 16.5. The highest BCUT2D eigenvalue weighted by Gasteiger charge is 2.25. The molecule has 0 aromatic heterocycles. The summed E-state index contributed by atoms with van der Waals surface area (Å²) in [5.74, 6) is 0.142. The summed E-state index contributed by atoms with van der Waals surface area (Å²) < 4.78 is 10.6. The molecule has 2 aromatic rings. The van der Waals surface area contributed by atoms with Crippen molar-refractivity contribution in [3.8, 4) is 11.5 Å². The molecule has 1 fully saturated rings. The number of methoxy groups -OCH3 is 2. The summed E-state index contributed by atoms with van der Waals surface area (Å²) in [6.45, 7) is 4.26. The van der Waals surface area contributed by atoms with E-state index in [0.717, 1.165) is 43.1 Å². The Kier molecular flexibility index (Phi) is 8.47. The van der Waals surface area contributed by atoms with Gasteiger partial charge in [0.15, 0.2) is 0 Å². The van der Waals surface area contributed by atoms with E-state index in [1.165, 1.54) is 0 Å². The van der Waals surface area contributed by atoms with Crippen LogP contribution in [0, 0.1) is 0 Å². The Bertz CT molecular complexity index is 895. The monoisotopic (exact) mass is 440 g/mol. The van der Waals surface area contributed by atoms with Crippen LogP contribution < -0.4 is 20.1 Å². The Labute approximate surface area is 189 Å². The van der Waals surface area contributed by atoms with Gasteiger partial charge in [-0.05, 0) is 30.8 Å². The van der Waals surface area contributed by atoms with Gasteiger partial charge in [0, 0.05) is 44.8 Å². The second-order valence-electron chi connectivity index (χ2n) is 7.83. The molecular weight excluding hydrogens is 408 g/mol. The molecule has 1 atom stereocenters. The third-order valence-corrected chi connectivity index (χ3v) is 5.77. The lowest BCUT2D eigenvalue weighted by atomic mass is 10.0. The van der Waals surface area contributed by atoms with Crippen molar-refractivity contribution in [1.29, 1.82) is 0 Å². The van der Waals surface area contributed by atoms with E-state index in [2.05, 4.69) is 27.5 Å². The van der Waals surface area contributed by atoms with Crippen LogP contribution >= 0.6 is 0 Å². The van der Waals surface area contributed by atoms with Crippen molar-refractivity contribution < 1.29 is 19.1 Å². The van der Waals surface area contributed by atoms with Crippen LogP contribution in [-0.2, 0) is 16.1 Å². The predicted molar refractivity (Wildman–Crippen MR) is 123 cm³/mol. The summed E-state index contributed by atoms with van der Waals surface area (Å²) >= 11 is 0. The first-order valence-corrected chi connectivity index (χ1v) is 10.8. The third kappa shape index (κ3) is 6.21. The van der Waals surface area contributed by atoms with Gasteiger partial charge < -0.3 is 25.0 Å². The van der Waals surface area contributed by atoms with Crippen molar-refractivity contribution >= 4 is 11.8 Å². The molecule has 0 saturated carbocycles. The number of carbonyl (C=O) groups excluding carboxylic acids is 2. The third-order valence-electron chi connectivity index (χ3n) is 5.77. The van der Waals surface area contributed by atoms with Gasteiger partial charge in [0.05, 0.1) is 20.3 Å². The number of nitrogens with one attached hydrogen (secondary N) is 2. The zero-order chi connectivity index (χ0) is 22.9. The van der Waals surface area contributed by atoms with E-state index in [-0.39, 0.29) is 12.6 Å². The topological polar surface area (TPSA) is 83.1 Å². The van der Waals surface area contributed by atoms with Crippen molar-refractivity contribution in [3.63, 3.8) is 0 Å². The van der Waals surface area contributed by atoms with Crippen LogP contribution in [0.15, 0.2) is 48.5 Å². The predicted octanol–water partition coefficient (Wildman–Crippen LogP) is 1.42. The van der Waals surface area contributed by atoms with E-state index in [1.54, 1.807) is 14.2 Å². The molecule has 1 unspecified atom stereocenters. The summed E-state index contributed by atoms with van der Waals surface area (Å²) in [6.07, 6.45) is 0. The zero-order valence-corrected chi connectivity index (χ0v) is 19.0. The number of para-hydroxylation sites is 1. The number of likely N-dealkylation sites (N-methyl/N-ethyl adjacent to an activating group) is 1. The van der Waals surface area contributed by atoms with Crippen molar-refractivity contribution in [2.45, 2.75) is 12.6 Å². The Morgan fingerprint density at radius 1 is 0.906 bits per heavy atom. The Morgan fingerprint density at radius 3 is 2.22 bits per heavy atom. The van der Waals surface area contributed by atoms with Gasteiger partial charge in [0.1, 0.15) is 11.5 Å². The molecule has 3 rings (SSSR count). The van der Waals surface area contributed by atoms with Gasteiger partial charge in [-0.1, -0.05) is 30.3 Å². The van der Waals surface area contributed by atoms with Gasteiger partial charge in [0.25, 0.3) is 0 Å². The minimum atomic E-state index is -0.664. The van der Waals surface area contributed by atoms with E-state index >= 15 is 0 Å². The number of piperazine rings is 1. The van der Waals surface area contributed by atoms with Crippen molar-refractivity contribution in [1.82, 2.24) is 20.4 Å². The van der Waals surface area contributed by atoms with E-state index < -0.39 is 11.8 Å². The quantitative estimate of drug-likeness (QED) is 0.605. The maximum absolute atomic E-state index is 12.5. The van der Waals surface area contributed by atoms with Crippen LogP contribution in [0.5, 0.6) is 11.5 Å². The largest absolute Gasteiger partial charge is 0.497 e. The number of hydrogen-bond donors (Lipinski definition) is 2. The van der Waals surface area contributed by atoms with Gasteiger partial charge >= 0.3 is 11.8 Å². The lowest BCUT2D eigenvalue weighted by Crippen LogP contribution is -2.49. The molecule has 2 amide bonds. The van der Waals surface area contributed by atoms with Crippen molar-refractivity contribution in [3.05, 3.63) is 59.7 Å². The fraction of sp³-hybridized carbons (Fsp3) is 0.417. The molecule has 172 valence electrons. The van der Waals surface area contributed by atoms with Gasteiger partial charge in [-0.25, -0.2) is 0 Å². The molecule has 32 heavy (non-hydrogen) atoms. The molecule has 1 aliphatic rings. The molecule has 2 aromatic carbocycles. The maximum Gasteiger partial charge on any atom is 0.309 e. The molecule has 8 heteroatoms. The number of hydrogen-bond acceptors (Lipinski definition) is 6. The molecule has 0 spiro atoms. The van der Waals surface area contributed by atoms with Gasteiger partial charge in [-0.2, -0.15) is 0 Å². The number of benzene rings is 2. The second-order valence-corrected chi connectivity index (χ2v) is 7.83. The van der Waals surface area contributed by atoms with Gasteiger partial charge in [-0.3, -0.25) is 14.5 Å². The lowest BCUT2D eigenvalue weighted by Gasteiger charge is -2.38. The smallest absolute Gasteiger partial charge is 0.309 e. The molecule has 0 radical (unpaired) electrons. The average molecular weight is 441 g/mol. The molecule has 1 heterocycles. The molecule has 8 nitrogen and oxygen atoms in total. The molecule has 0 aliphatic carbocycles. The van der Waals surface area contributed by atoms with Crippen molar-refractivity contribution in [2.75, 3.05) is 54.0 Å². The van der Waals surface area contributed by atoms with Crippen LogP contribution in [0.3, 0.4) is 0 Å². The minimum Gasteiger partial charge on any atom is -0.497 e. The molecule has 1 saturated heterocycles. The average Bonchev–Trinajstić information content (AvgIpc) is 2.84. The second kappa shape index (κ2) is 11.5. The SMILES string of the molecule is COc1ccc(C(CNC(=O)C(=O)NCc2ccccc2OC)N2CCN(C)CC2)cc1. The highest BCUT2D eigenvalue weighted by Crippen LogP contribution is 2.24. The van der Waals surface area contributed by atoms with Gasteiger partial charge in [0.2, 0.25) is 0 Å². The number of rotatable bonds is 8. The fourth-order valence-electron chi connectivity index (χ4n) is 3.79. The number of ether oxygens (including phenoxy) is 2. The summed E-state index contributed by atoms with van der Waals surface area (Å²) in [5.41, 5.74) is 1.88. The first kappa shape index (κ1) is 23.6. The standard InChI is InChI=1S/C24H32N4O4/c1-27-12-14-28(15-13-27)21(18-8-10-20(31-2)11-9-18)17-26-24(30)23(29)25-16-19-6-4-5-7-22(19)32-3/h4-11,21H,12-17H2,1-3H3,(H,25,29)(H,26,30). The molecular formula is C24H32N4O4. The first-order chi connectivity index (χ1) is 15.5. The maximum atomic E-state index is 12.5. The lowest BCUT2D eigenvalue weighted by molar-refractivity contribution is -0.139. The van der Waals surface area contributed by atoms with Crippen LogP contribution in [0.1, 0.15) is 17.2 Å².